The smallest absolute Gasteiger partial charge is 0.0740 e. The molecule has 0 aliphatic heterocycles. The highest BCUT2D eigenvalue weighted by atomic mass is 16.5. The van der Waals surface area contributed by atoms with E-state index >= 15 is 0 Å². The first kappa shape index (κ1) is 14.8. The van der Waals surface area contributed by atoms with Gasteiger partial charge in [0, 0.05) is 13.0 Å². The third-order valence-corrected chi connectivity index (χ3v) is 7.58. The average Bonchev–Trinajstić information content (AvgIpc) is 2.71. The van der Waals surface area contributed by atoms with E-state index in [-0.39, 0.29) is 11.7 Å². The summed E-state index contributed by atoms with van der Waals surface area (Å²) in [7, 11) is 0. The van der Waals surface area contributed by atoms with Crippen LogP contribution in [-0.2, 0) is 4.74 Å². The Morgan fingerprint density at radius 2 is 1.90 bits per heavy atom. The molecule has 0 spiro atoms. The minimum atomic E-state index is -0.152. The van der Waals surface area contributed by atoms with E-state index in [4.69, 9.17) is 4.74 Å². The van der Waals surface area contributed by atoms with Crippen LogP contribution in [0.15, 0.2) is 0 Å². The van der Waals surface area contributed by atoms with Crippen LogP contribution in [0.1, 0.15) is 72.6 Å². The van der Waals surface area contributed by atoms with E-state index in [0.717, 1.165) is 38.2 Å². The Kier molecular flexibility index (Phi) is 3.49. The summed E-state index contributed by atoms with van der Waals surface area (Å²) in [5.74, 6) is 1.49. The maximum absolute atomic E-state index is 10.2. The van der Waals surface area contributed by atoms with Crippen molar-refractivity contribution in [2.45, 2.75) is 84.3 Å². The van der Waals surface area contributed by atoms with Crippen LogP contribution in [0.5, 0.6) is 0 Å². The molecule has 2 unspecified atom stereocenters. The maximum Gasteiger partial charge on any atom is 0.0740 e. The number of ether oxygens (including phenoxy) is 1. The van der Waals surface area contributed by atoms with Crippen LogP contribution in [0, 0.1) is 22.7 Å². The zero-order valence-corrected chi connectivity index (χ0v) is 13.7. The number of hydrogen-bond acceptors (Lipinski definition) is 2. The molecule has 0 aromatic carbocycles. The van der Waals surface area contributed by atoms with Gasteiger partial charge in [0.1, 0.15) is 0 Å². The molecular formula is C18H32O2. The molecule has 3 aliphatic carbocycles. The topological polar surface area (TPSA) is 29.5 Å². The molecule has 2 nitrogen and oxygen atoms in total. The molecule has 3 fully saturated rings. The van der Waals surface area contributed by atoms with Crippen molar-refractivity contribution in [3.63, 3.8) is 0 Å². The highest BCUT2D eigenvalue weighted by Crippen LogP contribution is 2.71. The molecule has 0 saturated heterocycles. The van der Waals surface area contributed by atoms with Crippen LogP contribution < -0.4 is 0 Å². The quantitative estimate of drug-likeness (QED) is 0.841. The van der Waals surface area contributed by atoms with Gasteiger partial charge in [0.15, 0.2) is 0 Å². The minimum absolute atomic E-state index is 0.0480. The molecule has 3 rings (SSSR count). The van der Waals surface area contributed by atoms with E-state index in [2.05, 4.69) is 27.7 Å². The number of aliphatic hydroxyl groups excluding tert-OH is 1. The van der Waals surface area contributed by atoms with E-state index in [0.29, 0.717) is 16.7 Å². The van der Waals surface area contributed by atoms with Gasteiger partial charge in [-0.25, -0.2) is 0 Å². The molecule has 116 valence electrons. The Labute approximate surface area is 124 Å². The van der Waals surface area contributed by atoms with Crippen LogP contribution in [0.3, 0.4) is 0 Å². The second-order valence-electron chi connectivity index (χ2n) is 8.41. The van der Waals surface area contributed by atoms with Gasteiger partial charge in [-0.15, -0.1) is 0 Å². The minimum Gasteiger partial charge on any atom is -0.393 e. The summed E-state index contributed by atoms with van der Waals surface area (Å²) < 4.78 is 6.38. The van der Waals surface area contributed by atoms with Gasteiger partial charge < -0.3 is 9.84 Å². The SMILES string of the molecule is CCOC1([C@@H]2C[C@H]3CC[C@]2(C)C3(C)C)CCCC(O)C1. The van der Waals surface area contributed by atoms with E-state index in [1.165, 1.54) is 19.3 Å². The van der Waals surface area contributed by atoms with E-state index in [1.807, 2.05) is 0 Å². The van der Waals surface area contributed by atoms with Crippen molar-refractivity contribution in [3.8, 4) is 0 Å². The fourth-order valence-corrected chi connectivity index (χ4v) is 6.07. The monoisotopic (exact) mass is 280 g/mol. The normalized spacial score (nSPS) is 50.5. The van der Waals surface area contributed by atoms with Gasteiger partial charge in [-0.1, -0.05) is 20.8 Å². The Hall–Kier alpha value is -0.0800. The van der Waals surface area contributed by atoms with Crippen LogP contribution in [0.4, 0.5) is 0 Å². The van der Waals surface area contributed by atoms with Gasteiger partial charge >= 0.3 is 0 Å². The molecule has 0 aromatic heterocycles. The zero-order valence-electron chi connectivity index (χ0n) is 13.7. The predicted octanol–water partition coefficient (Wildman–Crippen LogP) is 4.16. The van der Waals surface area contributed by atoms with Crippen molar-refractivity contribution in [2.75, 3.05) is 6.61 Å². The van der Waals surface area contributed by atoms with Crippen molar-refractivity contribution < 1.29 is 9.84 Å². The lowest BCUT2D eigenvalue weighted by Gasteiger charge is -2.52. The fraction of sp³-hybridized carbons (Fsp3) is 1.00. The number of rotatable bonds is 3. The van der Waals surface area contributed by atoms with Gasteiger partial charge in [-0.05, 0) is 68.1 Å². The van der Waals surface area contributed by atoms with Crippen molar-refractivity contribution in [3.05, 3.63) is 0 Å². The molecule has 20 heavy (non-hydrogen) atoms. The van der Waals surface area contributed by atoms with Gasteiger partial charge in [0.25, 0.3) is 0 Å². The molecule has 2 bridgehead atoms. The van der Waals surface area contributed by atoms with E-state index < -0.39 is 0 Å². The molecule has 0 radical (unpaired) electrons. The molecule has 5 atom stereocenters. The summed E-state index contributed by atoms with van der Waals surface area (Å²) in [5.41, 5.74) is 0.779. The summed E-state index contributed by atoms with van der Waals surface area (Å²) in [6.45, 7) is 10.4. The first-order chi connectivity index (χ1) is 9.36. The maximum atomic E-state index is 10.2. The number of fused-ring (bicyclic) bond motifs is 2. The second kappa shape index (κ2) is 4.71. The third-order valence-electron chi connectivity index (χ3n) is 7.58. The molecule has 0 heterocycles. The highest BCUT2D eigenvalue weighted by molar-refractivity contribution is 5.15. The predicted molar refractivity (Wildman–Crippen MR) is 81.6 cm³/mol. The lowest BCUT2D eigenvalue weighted by molar-refractivity contribution is -0.161. The third kappa shape index (κ3) is 1.83. The second-order valence-corrected chi connectivity index (χ2v) is 8.41. The Morgan fingerprint density at radius 3 is 2.40 bits per heavy atom. The van der Waals surface area contributed by atoms with Crippen molar-refractivity contribution in [1.82, 2.24) is 0 Å². The van der Waals surface area contributed by atoms with Gasteiger partial charge in [0.05, 0.1) is 11.7 Å². The fourth-order valence-electron chi connectivity index (χ4n) is 6.07. The standard InChI is InChI=1S/C18H32O2/c1-5-20-18(9-6-7-14(19)12-18)15-11-13-8-10-17(15,4)16(13,2)3/h13-15,19H,5-12H2,1-4H3/t13-,14?,15-,17+,18?/m1/s1. The van der Waals surface area contributed by atoms with Crippen LogP contribution >= 0.6 is 0 Å². The van der Waals surface area contributed by atoms with Crippen LogP contribution in [-0.4, -0.2) is 23.4 Å². The van der Waals surface area contributed by atoms with Gasteiger partial charge in [-0.2, -0.15) is 0 Å². The molecule has 0 aromatic rings. The van der Waals surface area contributed by atoms with E-state index in [1.54, 1.807) is 0 Å². The summed E-state index contributed by atoms with van der Waals surface area (Å²) in [6, 6.07) is 0. The van der Waals surface area contributed by atoms with Crippen molar-refractivity contribution >= 4 is 0 Å². The summed E-state index contributed by atoms with van der Waals surface area (Å²) in [6.07, 6.45) is 8.01. The summed E-state index contributed by atoms with van der Waals surface area (Å²) in [4.78, 5) is 0. The largest absolute Gasteiger partial charge is 0.393 e. The van der Waals surface area contributed by atoms with Crippen LogP contribution in [0.25, 0.3) is 0 Å². The van der Waals surface area contributed by atoms with Crippen molar-refractivity contribution in [1.29, 1.82) is 0 Å². The summed E-state index contributed by atoms with van der Waals surface area (Å²) in [5, 5.41) is 10.2. The number of hydrogen-bond donors (Lipinski definition) is 1. The molecule has 1 N–H and O–H groups in total. The summed E-state index contributed by atoms with van der Waals surface area (Å²) >= 11 is 0. The zero-order chi connectivity index (χ0) is 14.6. The van der Waals surface area contributed by atoms with E-state index in [9.17, 15) is 5.11 Å². The van der Waals surface area contributed by atoms with Crippen molar-refractivity contribution in [2.24, 2.45) is 22.7 Å². The van der Waals surface area contributed by atoms with Gasteiger partial charge in [0.2, 0.25) is 0 Å². The van der Waals surface area contributed by atoms with Gasteiger partial charge in [-0.3, -0.25) is 0 Å². The number of aliphatic hydroxyl groups is 1. The highest BCUT2D eigenvalue weighted by Gasteiger charge is 2.66. The molecular weight excluding hydrogens is 248 g/mol. The Bertz CT molecular complexity index is 374. The lowest BCUT2D eigenvalue weighted by Crippen LogP contribution is -2.52. The molecule has 2 heteroatoms. The first-order valence-corrected chi connectivity index (χ1v) is 8.68. The first-order valence-electron chi connectivity index (χ1n) is 8.68. The Morgan fingerprint density at radius 1 is 1.15 bits per heavy atom. The van der Waals surface area contributed by atoms with Crippen LogP contribution in [0.2, 0.25) is 0 Å². The Balaban J connectivity index is 1.93. The lowest BCUT2D eigenvalue weighted by atomic mass is 9.59. The molecule has 3 saturated carbocycles. The molecule has 3 aliphatic rings. The average molecular weight is 280 g/mol. The molecule has 0 amide bonds.